The maximum Gasteiger partial charge on any atom is 0.121 e. The Kier molecular flexibility index (Phi) is 4.84. The van der Waals surface area contributed by atoms with Gasteiger partial charge in [-0.2, -0.15) is 10.2 Å². The highest BCUT2D eigenvalue weighted by Gasteiger charge is 2.12. The van der Waals surface area contributed by atoms with Crippen LogP contribution in [0.2, 0.25) is 5.02 Å². The maximum absolute atomic E-state index is 6.22. The van der Waals surface area contributed by atoms with E-state index in [2.05, 4.69) is 34.5 Å². The van der Waals surface area contributed by atoms with Crippen LogP contribution < -0.4 is 0 Å². The summed E-state index contributed by atoms with van der Waals surface area (Å²) in [6, 6.07) is 25.9. The van der Waals surface area contributed by atoms with Gasteiger partial charge < -0.3 is 0 Å². The molecule has 0 bridgehead atoms. The second kappa shape index (κ2) is 7.21. The van der Waals surface area contributed by atoms with Gasteiger partial charge in [0.15, 0.2) is 0 Å². The molecule has 23 heavy (non-hydrogen) atoms. The Hall–Kier alpha value is -2.45. The summed E-state index contributed by atoms with van der Waals surface area (Å²) in [5.74, 6) is 0. The van der Waals surface area contributed by atoms with Crippen molar-refractivity contribution in [2.24, 2.45) is 10.2 Å². The molecule has 2 nitrogen and oxygen atoms in total. The van der Waals surface area contributed by atoms with Crippen molar-refractivity contribution in [3.63, 3.8) is 0 Å². The highest BCUT2D eigenvalue weighted by Crippen LogP contribution is 2.31. The van der Waals surface area contributed by atoms with Crippen molar-refractivity contribution in [3.8, 4) is 0 Å². The lowest BCUT2D eigenvalue weighted by atomic mass is 10.00. The Balaban J connectivity index is 1.99. The minimum atomic E-state index is -0.144. The molecule has 0 amide bonds. The molecule has 3 aromatic rings. The zero-order chi connectivity index (χ0) is 16.1. The Labute approximate surface area is 141 Å². The third kappa shape index (κ3) is 3.85. The SMILES string of the molecule is Cc1ccc(Cl)c(N=NC(c2ccccc2)c2ccccc2)c1. The molecule has 3 aromatic carbocycles. The highest BCUT2D eigenvalue weighted by molar-refractivity contribution is 6.32. The quantitative estimate of drug-likeness (QED) is 0.489. The molecule has 0 fully saturated rings. The van der Waals surface area contributed by atoms with Gasteiger partial charge in [0.25, 0.3) is 0 Å². The predicted molar refractivity (Wildman–Crippen MR) is 95.4 cm³/mol. The second-order valence-corrected chi connectivity index (χ2v) is 5.80. The topological polar surface area (TPSA) is 24.7 Å². The summed E-state index contributed by atoms with van der Waals surface area (Å²) in [7, 11) is 0. The molecule has 0 spiro atoms. The fourth-order valence-corrected chi connectivity index (χ4v) is 2.57. The molecule has 0 aliphatic carbocycles. The standard InChI is InChI=1S/C20H17ClN2/c1-15-12-13-18(21)19(14-15)22-23-20(16-8-4-2-5-9-16)17-10-6-3-7-11-17/h2-14,20H,1H3. The molecule has 0 radical (unpaired) electrons. The first-order valence-electron chi connectivity index (χ1n) is 7.51. The number of azo groups is 1. The van der Waals surface area contributed by atoms with Crippen LogP contribution in [0.3, 0.4) is 0 Å². The smallest absolute Gasteiger partial charge is 0.121 e. The number of hydrogen-bond donors (Lipinski definition) is 0. The van der Waals surface area contributed by atoms with E-state index in [1.807, 2.05) is 61.5 Å². The Morgan fingerprint density at radius 3 is 1.91 bits per heavy atom. The molecule has 3 heteroatoms. The summed E-state index contributed by atoms with van der Waals surface area (Å²) in [6.07, 6.45) is 0. The van der Waals surface area contributed by atoms with Crippen LogP contribution >= 0.6 is 11.6 Å². The normalized spacial score (nSPS) is 11.3. The number of benzene rings is 3. The van der Waals surface area contributed by atoms with Crippen LogP contribution in [-0.2, 0) is 0 Å². The molecule has 0 aromatic heterocycles. The van der Waals surface area contributed by atoms with Crippen LogP contribution in [0.25, 0.3) is 0 Å². The van der Waals surface area contributed by atoms with E-state index in [4.69, 9.17) is 11.6 Å². The van der Waals surface area contributed by atoms with Crippen molar-refractivity contribution >= 4 is 17.3 Å². The van der Waals surface area contributed by atoms with Gasteiger partial charge in [0.1, 0.15) is 11.7 Å². The summed E-state index contributed by atoms with van der Waals surface area (Å²) in [4.78, 5) is 0. The minimum absolute atomic E-state index is 0.144. The average Bonchev–Trinajstić information content (AvgIpc) is 2.60. The molecule has 114 valence electrons. The van der Waals surface area contributed by atoms with Crippen LogP contribution in [0.15, 0.2) is 89.1 Å². The van der Waals surface area contributed by atoms with E-state index in [1.54, 1.807) is 0 Å². The lowest BCUT2D eigenvalue weighted by Gasteiger charge is -2.12. The lowest BCUT2D eigenvalue weighted by Crippen LogP contribution is -1.96. The Morgan fingerprint density at radius 1 is 0.783 bits per heavy atom. The first-order valence-corrected chi connectivity index (χ1v) is 7.89. The highest BCUT2D eigenvalue weighted by atomic mass is 35.5. The minimum Gasteiger partial charge on any atom is -0.176 e. The van der Waals surface area contributed by atoms with Crippen molar-refractivity contribution in [2.45, 2.75) is 13.0 Å². The molecule has 0 heterocycles. The molecule has 0 aliphatic rings. The van der Waals surface area contributed by atoms with E-state index >= 15 is 0 Å². The zero-order valence-electron chi connectivity index (χ0n) is 12.9. The fourth-order valence-electron chi connectivity index (χ4n) is 2.42. The Morgan fingerprint density at radius 2 is 1.35 bits per heavy atom. The van der Waals surface area contributed by atoms with Gasteiger partial charge in [0, 0.05) is 0 Å². The molecular formula is C20H17ClN2. The summed E-state index contributed by atoms with van der Waals surface area (Å²) < 4.78 is 0. The maximum atomic E-state index is 6.22. The average molecular weight is 321 g/mol. The number of halogens is 1. The largest absolute Gasteiger partial charge is 0.176 e. The van der Waals surface area contributed by atoms with E-state index in [1.165, 1.54) is 0 Å². The van der Waals surface area contributed by atoms with E-state index in [0.29, 0.717) is 10.7 Å². The summed E-state index contributed by atoms with van der Waals surface area (Å²) in [5.41, 5.74) is 4.01. The number of rotatable bonds is 4. The van der Waals surface area contributed by atoms with Gasteiger partial charge >= 0.3 is 0 Å². The number of nitrogens with zero attached hydrogens (tertiary/aromatic N) is 2. The molecule has 0 aliphatic heterocycles. The summed E-state index contributed by atoms with van der Waals surface area (Å²) in [5, 5.41) is 9.60. The van der Waals surface area contributed by atoms with Gasteiger partial charge in [-0.1, -0.05) is 78.3 Å². The Bertz CT molecular complexity index is 759. The third-order valence-electron chi connectivity index (χ3n) is 3.61. The van der Waals surface area contributed by atoms with Crippen LogP contribution in [0.5, 0.6) is 0 Å². The second-order valence-electron chi connectivity index (χ2n) is 5.39. The van der Waals surface area contributed by atoms with Crippen LogP contribution in [0.1, 0.15) is 22.7 Å². The van der Waals surface area contributed by atoms with Crippen LogP contribution in [0.4, 0.5) is 5.69 Å². The van der Waals surface area contributed by atoms with Gasteiger partial charge in [-0.15, -0.1) is 0 Å². The molecule has 0 N–H and O–H groups in total. The van der Waals surface area contributed by atoms with Gasteiger partial charge in [0.2, 0.25) is 0 Å². The zero-order valence-corrected chi connectivity index (χ0v) is 13.6. The summed E-state index contributed by atoms with van der Waals surface area (Å²) in [6.45, 7) is 2.02. The van der Waals surface area contributed by atoms with Gasteiger partial charge in [-0.25, -0.2) is 0 Å². The van der Waals surface area contributed by atoms with E-state index in [9.17, 15) is 0 Å². The van der Waals surface area contributed by atoms with Crippen molar-refractivity contribution in [2.75, 3.05) is 0 Å². The van der Waals surface area contributed by atoms with Crippen molar-refractivity contribution in [1.29, 1.82) is 0 Å². The first kappa shape index (κ1) is 15.4. The number of hydrogen-bond acceptors (Lipinski definition) is 2. The van der Waals surface area contributed by atoms with Gasteiger partial charge in [-0.3, -0.25) is 0 Å². The monoisotopic (exact) mass is 320 g/mol. The first-order chi connectivity index (χ1) is 11.2. The van der Waals surface area contributed by atoms with Crippen LogP contribution in [-0.4, -0.2) is 0 Å². The van der Waals surface area contributed by atoms with Crippen molar-refractivity contribution in [1.82, 2.24) is 0 Å². The molecule has 0 unspecified atom stereocenters. The molecule has 0 saturated carbocycles. The van der Waals surface area contributed by atoms with E-state index in [0.717, 1.165) is 16.7 Å². The van der Waals surface area contributed by atoms with Crippen LogP contribution in [0, 0.1) is 6.92 Å². The number of aryl methyl sites for hydroxylation is 1. The molecule has 3 rings (SSSR count). The van der Waals surface area contributed by atoms with E-state index in [-0.39, 0.29) is 6.04 Å². The van der Waals surface area contributed by atoms with Crippen molar-refractivity contribution < 1.29 is 0 Å². The van der Waals surface area contributed by atoms with Gasteiger partial charge in [0.05, 0.1) is 5.02 Å². The van der Waals surface area contributed by atoms with Crippen molar-refractivity contribution in [3.05, 3.63) is 101 Å². The molecular weight excluding hydrogens is 304 g/mol. The molecule has 0 saturated heterocycles. The third-order valence-corrected chi connectivity index (χ3v) is 3.93. The van der Waals surface area contributed by atoms with E-state index < -0.39 is 0 Å². The predicted octanol–water partition coefficient (Wildman–Crippen LogP) is 6.52. The van der Waals surface area contributed by atoms with Gasteiger partial charge in [-0.05, 0) is 35.7 Å². The molecule has 0 atom stereocenters. The summed E-state index contributed by atoms with van der Waals surface area (Å²) >= 11 is 6.22. The lowest BCUT2D eigenvalue weighted by molar-refractivity contribution is 0.809. The fraction of sp³-hybridized carbons (Fsp3) is 0.100.